The van der Waals surface area contributed by atoms with Gasteiger partial charge in [0.05, 0.1) is 0 Å². The van der Waals surface area contributed by atoms with Gasteiger partial charge in [0.2, 0.25) is 0 Å². The quantitative estimate of drug-likeness (QED) is 0.330. The Morgan fingerprint density at radius 1 is 1.00 bits per heavy atom. The molecule has 0 aliphatic carbocycles. The molecule has 7 nitrogen and oxygen atoms in total. The van der Waals surface area contributed by atoms with E-state index in [0.717, 1.165) is 0 Å². The molecule has 0 bridgehead atoms. The molecule has 0 saturated carbocycles. The maximum Gasteiger partial charge on any atom is 1.00 e. The zero-order valence-corrected chi connectivity index (χ0v) is 12.9. The number of hydrogen-bond donors (Lipinski definition) is 3. The van der Waals surface area contributed by atoms with Gasteiger partial charge in [-0.05, 0) is 6.92 Å². The summed E-state index contributed by atoms with van der Waals surface area (Å²) < 4.78 is 52.8. The summed E-state index contributed by atoms with van der Waals surface area (Å²) in [5.74, 6) is 0. The topological polar surface area (TPSA) is 129 Å². The normalized spacial score (nSPS) is 12.6. The molecule has 0 amide bonds. The third-order valence-electron chi connectivity index (χ3n) is 0.957. The Balaban J connectivity index is -0.0000000833. The summed E-state index contributed by atoms with van der Waals surface area (Å²) in [4.78, 5) is 0. The van der Waals surface area contributed by atoms with Gasteiger partial charge in [0.15, 0.2) is 0 Å². The smallest absolute Gasteiger partial charge is 1.00 e. The molecule has 0 heterocycles. The zero-order valence-electron chi connectivity index (χ0n) is 9.29. The van der Waals surface area contributed by atoms with Crippen molar-refractivity contribution in [1.82, 2.24) is 0 Å². The average Bonchev–Trinajstić information content (AvgIpc) is 1.58. The van der Waals surface area contributed by atoms with Crippen molar-refractivity contribution in [1.29, 1.82) is 0 Å². The van der Waals surface area contributed by atoms with E-state index in [0.29, 0.717) is 0 Å². The summed E-state index contributed by atoms with van der Waals surface area (Å²) in [5, 5.41) is 8.51. The molecule has 13 heavy (non-hydrogen) atoms. The molecule has 11 heteroatoms. The average molecular weight is 254 g/mol. The van der Waals surface area contributed by atoms with Gasteiger partial charge in [-0.1, -0.05) is 0 Å². The van der Waals surface area contributed by atoms with Gasteiger partial charge in [-0.25, -0.2) is 0 Å². The fourth-order valence-electron chi connectivity index (χ4n) is 0.133. The third kappa shape index (κ3) is 4.89. The van der Waals surface area contributed by atoms with E-state index in [2.05, 4.69) is 0 Å². The minimum absolute atomic E-state index is 0. The van der Waals surface area contributed by atoms with Crippen LogP contribution in [0.15, 0.2) is 0 Å². The zero-order chi connectivity index (χ0) is 9.50. The van der Waals surface area contributed by atoms with Crippen LogP contribution in [0.4, 0.5) is 0 Å². The Labute approximate surface area is 123 Å². The third-order valence-corrected chi connectivity index (χ3v) is 4.14. The fourth-order valence-corrected chi connectivity index (χ4v) is 1.20. The summed E-state index contributed by atoms with van der Waals surface area (Å²) in [5.41, 5.74) is 0. The second-order valence-electron chi connectivity index (χ2n) is 1.85. The van der Waals surface area contributed by atoms with Crippen LogP contribution >= 0.6 is 0 Å². The molecule has 0 atom stereocenters. The van der Waals surface area contributed by atoms with Gasteiger partial charge in [-0.15, -0.1) is 0 Å². The van der Waals surface area contributed by atoms with Crippen LogP contribution in [-0.4, -0.2) is 35.3 Å². The van der Waals surface area contributed by atoms with E-state index in [1.54, 1.807) is 0 Å². The van der Waals surface area contributed by atoms with Gasteiger partial charge < -0.3 is 7.96 Å². The van der Waals surface area contributed by atoms with Gasteiger partial charge in [-0.3, -0.25) is 9.11 Å². The molecule has 0 aromatic carbocycles. The van der Waals surface area contributed by atoms with Crippen LogP contribution in [0.1, 0.15) is 9.78 Å². The van der Waals surface area contributed by atoms with Gasteiger partial charge in [0, 0.05) is 0 Å². The van der Waals surface area contributed by atoms with Crippen LogP contribution in [0.5, 0.6) is 0 Å². The summed E-state index contributed by atoms with van der Waals surface area (Å²) in [6, 6.07) is 0. The Bertz CT molecular complexity index is 313. The van der Waals surface area contributed by atoms with E-state index in [4.69, 9.17) is 14.2 Å². The van der Waals surface area contributed by atoms with Crippen molar-refractivity contribution >= 4 is 20.2 Å². The molecular formula is C2H8Na2O7S2. The molecule has 0 spiro atoms. The van der Waals surface area contributed by atoms with Crippen LogP contribution in [-0.2, 0) is 20.2 Å². The Morgan fingerprint density at radius 2 is 1.15 bits per heavy atom. The Hall–Kier alpha value is 1.78. The Kier molecular flexibility index (Phi) is 8.95. The van der Waals surface area contributed by atoms with Crippen LogP contribution < -0.4 is 59.1 Å². The minimum atomic E-state index is -5.24. The number of hydrogen-bond acceptors (Lipinski definition) is 5. The fraction of sp³-hybridized carbons (Fsp3) is 1.00. The molecular weight excluding hydrogens is 246 g/mol. The monoisotopic (exact) mass is 254 g/mol. The molecule has 0 radical (unpaired) electrons. The minimum Gasteiger partial charge on any atom is -1.00 e. The van der Waals surface area contributed by atoms with E-state index in [1.807, 2.05) is 0 Å². The molecule has 0 saturated heterocycles. The maximum atomic E-state index is 10.1. The molecule has 0 aromatic rings. The van der Waals surface area contributed by atoms with Crippen LogP contribution in [0, 0.1) is 0 Å². The standard InChI is InChI=1S/C2H6O7S2.2Na.2H/c1-2(3,10(4,5)6)11(7,8)9;;;;/h3H,1H3,(H,4,5,6)(H,7,8,9);;;;/q;2*+1;2*-1. The summed E-state index contributed by atoms with van der Waals surface area (Å²) in [6.07, 6.45) is 0. The molecule has 0 fully saturated rings. The molecule has 0 aliphatic rings. The van der Waals surface area contributed by atoms with E-state index >= 15 is 0 Å². The summed E-state index contributed by atoms with van der Waals surface area (Å²) >= 11 is 0. The van der Waals surface area contributed by atoms with Crippen molar-refractivity contribution in [2.24, 2.45) is 0 Å². The first-order valence-electron chi connectivity index (χ1n) is 2.16. The van der Waals surface area contributed by atoms with Crippen molar-refractivity contribution in [2.75, 3.05) is 0 Å². The van der Waals surface area contributed by atoms with E-state index < -0.39 is 24.5 Å². The molecule has 0 aromatic heterocycles. The second kappa shape index (κ2) is 5.75. The van der Waals surface area contributed by atoms with Crippen LogP contribution in [0.25, 0.3) is 0 Å². The second-order valence-corrected chi connectivity index (χ2v) is 5.60. The van der Waals surface area contributed by atoms with E-state index in [9.17, 15) is 16.8 Å². The maximum absolute atomic E-state index is 10.1. The van der Waals surface area contributed by atoms with Gasteiger partial charge >= 0.3 is 83.6 Å². The van der Waals surface area contributed by atoms with Crippen molar-refractivity contribution < 1.29 is 93.0 Å². The van der Waals surface area contributed by atoms with Crippen molar-refractivity contribution in [3.8, 4) is 0 Å². The summed E-state index contributed by atoms with van der Waals surface area (Å²) in [7, 11) is -10.5. The SMILES string of the molecule is CC(O)(S(=O)(=O)O)S(=O)(=O)O.[H-].[H-].[Na+].[Na+]. The van der Waals surface area contributed by atoms with Gasteiger partial charge in [0.1, 0.15) is 0 Å². The van der Waals surface area contributed by atoms with Crippen molar-refractivity contribution in [2.45, 2.75) is 11.2 Å². The van der Waals surface area contributed by atoms with Crippen molar-refractivity contribution in [3.63, 3.8) is 0 Å². The van der Waals surface area contributed by atoms with E-state index in [-0.39, 0.29) is 68.9 Å². The first-order valence-corrected chi connectivity index (χ1v) is 5.04. The summed E-state index contributed by atoms with van der Waals surface area (Å²) in [6.45, 7) is 0.234. The molecule has 72 valence electrons. The predicted molar refractivity (Wildman–Crippen MR) is 35.9 cm³/mol. The number of rotatable bonds is 2. The van der Waals surface area contributed by atoms with Crippen molar-refractivity contribution in [3.05, 3.63) is 0 Å². The molecule has 3 N–H and O–H groups in total. The first kappa shape index (κ1) is 20.2. The largest absolute Gasteiger partial charge is 1.00 e. The van der Waals surface area contributed by atoms with Gasteiger partial charge in [-0.2, -0.15) is 16.8 Å². The van der Waals surface area contributed by atoms with E-state index in [1.165, 1.54) is 0 Å². The van der Waals surface area contributed by atoms with Crippen LogP contribution in [0.3, 0.4) is 0 Å². The predicted octanol–water partition coefficient (Wildman–Crippen LogP) is -7.34. The van der Waals surface area contributed by atoms with Gasteiger partial charge in [0.25, 0.3) is 0 Å². The molecule has 0 rings (SSSR count). The Morgan fingerprint density at radius 3 is 1.15 bits per heavy atom. The number of aliphatic hydroxyl groups is 1. The van der Waals surface area contributed by atoms with Crippen LogP contribution in [0.2, 0.25) is 0 Å². The first-order chi connectivity index (χ1) is 4.50. The molecule has 0 aliphatic heterocycles. The molecule has 0 unspecified atom stereocenters.